The second-order valence-corrected chi connectivity index (χ2v) is 4.66. The smallest absolute Gasteiger partial charge is 0.310 e. The Bertz CT molecular complexity index is 472. The van der Waals surface area contributed by atoms with E-state index in [1.54, 1.807) is 17.0 Å². The third kappa shape index (κ3) is 3.30. The highest BCUT2D eigenvalue weighted by Crippen LogP contribution is 2.20. The molecule has 1 saturated heterocycles. The number of carbonyl (C=O) groups excluding carboxylic acids is 2. The maximum Gasteiger partial charge on any atom is 0.310 e. The number of piperidine rings is 1. The fourth-order valence-corrected chi connectivity index (χ4v) is 2.24. The van der Waals surface area contributed by atoms with Gasteiger partial charge in [-0.25, -0.2) is 4.39 Å². The normalized spacial score (nSPS) is 19.4. The van der Waals surface area contributed by atoms with Gasteiger partial charge in [-0.05, 0) is 24.1 Å². The van der Waals surface area contributed by atoms with Crippen LogP contribution in [0.15, 0.2) is 24.3 Å². The molecular weight excluding hydrogens is 249 g/mol. The van der Waals surface area contributed by atoms with E-state index in [4.69, 9.17) is 4.74 Å². The highest BCUT2D eigenvalue weighted by Gasteiger charge is 2.30. The van der Waals surface area contributed by atoms with Crippen molar-refractivity contribution in [3.63, 3.8) is 0 Å². The molecule has 4 nitrogen and oxygen atoms in total. The Labute approximate surface area is 111 Å². The van der Waals surface area contributed by atoms with E-state index in [1.807, 2.05) is 0 Å². The number of likely N-dealkylation sites (tertiary alicyclic amines) is 1. The van der Waals surface area contributed by atoms with Gasteiger partial charge in [-0.15, -0.1) is 0 Å². The molecule has 1 aliphatic heterocycles. The van der Waals surface area contributed by atoms with E-state index in [0.717, 1.165) is 5.56 Å². The standard InChI is InChI=1S/C14H16FNO3/c1-19-14(18)11-4-7-13(17)16(9-11)8-10-2-5-12(15)6-3-10/h2-3,5-6,11H,4,7-9H2,1H3/t11-/m1/s1. The van der Waals surface area contributed by atoms with E-state index in [1.165, 1.54) is 19.2 Å². The van der Waals surface area contributed by atoms with Crippen LogP contribution >= 0.6 is 0 Å². The topological polar surface area (TPSA) is 46.6 Å². The van der Waals surface area contributed by atoms with E-state index in [9.17, 15) is 14.0 Å². The molecule has 1 aromatic carbocycles. The molecule has 102 valence electrons. The van der Waals surface area contributed by atoms with Crippen LogP contribution in [0.3, 0.4) is 0 Å². The lowest BCUT2D eigenvalue weighted by atomic mass is 9.97. The number of esters is 1. The summed E-state index contributed by atoms with van der Waals surface area (Å²) in [5.41, 5.74) is 0.847. The molecule has 1 heterocycles. The van der Waals surface area contributed by atoms with Gasteiger partial charge in [-0.1, -0.05) is 12.1 Å². The van der Waals surface area contributed by atoms with Crippen LogP contribution in [0.5, 0.6) is 0 Å². The summed E-state index contributed by atoms with van der Waals surface area (Å²) < 4.78 is 17.5. The number of rotatable bonds is 3. The van der Waals surface area contributed by atoms with Crippen molar-refractivity contribution in [3.8, 4) is 0 Å². The Hall–Kier alpha value is -1.91. The van der Waals surface area contributed by atoms with Gasteiger partial charge < -0.3 is 9.64 Å². The number of benzene rings is 1. The van der Waals surface area contributed by atoms with Crippen molar-refractivity contribution in [2.45, 2.75) is 19.4 Å². The maximum atomic E-state index is 12.8. The molecular formula is C14H16FNO3. The second-order valence-electron chi connectivity index (χ2n) is 4.66. The fraction of sp³-hybridized carbons (Fsp3) is 0.429. The van der Waals surface area contributed by atoms with E-state index in [2.05, 4.69) is 0 Å². The Morgan fingerprint density at radius 2 is 2.11 bits per heavy atom. The van der Waals surface area contributed by atoms with Crippen molar-refractivity contribution in [2.75, 3.05) is 13.7 Å². The molecule has 0 unspecified atom stereocenters. The third-order valence-electron chi connectivity index (χ3n) is 3.32. The van der Waals surface area contributed by atoms with Gasteiger partial charge in [0.25, 0.3) is 0 Å². The first-order valence-electron chi connectivity index (χ1n) is 6.20. The lowest BCUT2D eigenvalue weighted by molar-refractivity contribution is -0.150. The van der Waals surface area contributed by atoms with Crippen LogP contribution in [-0.4, -0.2) is 30.4 Å². The molecule has 1 amide bonds. The van der Waals surface area contributed by atoms with Crippen molar-refractivity contribution in [3.05, 3.63) is 35.6 Å². The molecule has 0 aliphatic carbocycles. The zero-order valence-electron chi connectivity index (χ0n) is 10.8. The van der Waals surface area contributed by atoms with Crippen LogP contribution in [0.2, 0.25) is 0 Å². The van der Waals surface area contributed by atoms with Crippen molar-refractivity contribution < 1.29 is 18.7 Å². The number of nitrogens with zero attached hydrogens (tertiary/aromatic N) is 1. The molecule has 0 radical (unpaired) electrons. The fourth-order valence-electron chi connectivity index (χ4n) is 2.24. The van der Waals surface area contributed by atoms with Gasteiger partial charge in [0.2, 0.25) is 5.91 Å². The number of carbonyl (C=O) groups is 2. The number of ether oxygens (including phenoxy) is 1. The van der Waals surface area contributed by atoms with E-state index < -0.39 is 0 Å². The molecule has 1 atom stereocenters. The van der Waals surface area contributed by atoms with Gasteiger partial charge in [0.1, 0.15) is 5.82 Å². The molecule has 1 aliphatic rings. The average Bonchev–Trinajstić information content (AvgIpc) is 2.43. The lowest BCUT2D eigenvalue weighted by Crippen LogP contribution is -2.42. The highest BCUT2D eigenvalue weighted by molar-refractivity contribution is 5.81. The van der Waals surface area contributed by atoms with Crippen LogP contribution in [0.1, 0.15) is 18.4 Å². The molecule has 5 heteroatoms. The van der Waals surface area contributed by atoms with Crippen LogP contribution < -0.4 is 0 Å². The number of halogens is 1. The summed E-state index contributed by atoms with van der Waals surface area (Å²) in [6, 6.07) is 6.01. The summed E-state index contributed by atoms with van der Waals surface area (Å²) in [6.45, 7) is 0.759. The van der Waals surface area contributed by atoms with Crippen LogP contribution in [0, 0.1) is 11.7 Å². The molecule has 0 spiro atoms. The third-order valence-corrected chi connectivity index (χ3v) is 3.32. The largest absolute Gasteiger partial charge is 0.469 e. The number of amides is 1. The molecule has 0 aromatic heterocycles. The molecule has 0 saturated carbocycles. The zero-order valence-corrected chi connectivity index (χ0v) is 10.8. The van der Waals surface area contributed by atoms with Gasteiger partial charge in [0.05, 0.1) is 13.0 Å². The van der Waals surface area contributed by atoms with E-state index >= 15 is 0 Å². The highest BCUT2D eigenvalue weighted by atomic mass is 19.1. The van der Waals surface area contributed by atoms with Gasteiger partial charge in [-0.2, -0.15) is 0 Å². The summed E-state index contributed by atoms with van der Waals surface area (Å²) in [4.78, 5) is 25.0. The van der Waals surface area contributed by atoms with Crippen LogP contribution in [0.4, 0.5) is 4.39 Å². The molecule has 2 rings (SSSR count). The average molecular weight is 265 g/mol. The van der Waals surface area contributed by atoms with Gasteiger partial charge in [0.15, 0.2) is 0 Å². The molecule has 1 fully saturated rings. The monoisotopic (exact) mass is 265 g/mol. The minimum atomic E-state index is -0.304. The predicted octanol–water partition coefficient (Wildman–Crippen LogP) is 1.74. The van der Waals surface area contributed by atoms with E-state index in [-0.39, 0.29) is 23.6 Å². The maximum absolute atomic E-state index is 12.8. The SMILES string of the molecule is COC(=O)[C@@H]1CCC(=O)N(Cc2ccc(F)cc2)C1. The first-order chi connectivity index (χ1) is 9.10. The summed E-state index contributed by atoms with van der Waals surface area (Å²) in [5.74, 6) is -0.828. The van der Waals surface area contributed by atoms with Gasteiger partial charge in [-0.3, -0.25) is 9.59 Å². The first kappa shape index (κ1) is 13.5. The van der Waals surface area contributed by atoms with E-state index in [0.29, 0.717) is 25.9 Å². The second kappa shape index (κ2) is 5.82. The number of hydrogen-bond acceptors (Lipinski definition) is 3. The first-order valence-corrected chi connectivity index (χ1v) is 6.20. The molecule has 19 heavy (non-hydrogen) atoms. The van der Waals surface area contributed by atoms with Crippen molar-refractivity contribution in [2.24, 2.45) is 5.92 Å². The van der Waals surface area contributed by atoms with Crippen LogP contribution in [0.25, 0.3) is 0 Å². The quantitative estimate of drug-likeness (QED) is 0.782. The van der Waals surface area contributed by atoms with Crippen molar-refractivity contribution in [1.29, 1.82) is 0 Å². The Kier molecular flexibility index (Phi) is 4.14. The van der Waals surface area contributed by atoms with Gasteiger partial charge >= 0.3 is 5.97 Å². The Balaban J connectivity index is 2.03. The summed E-state index contributed by atoms with van der Waals surface area (Å²) in [7, 11) is 1.35. The molecule has 0 bridgehead atoms. The van der Waals surface area contributed by atoms with Gasteiger partial charge in [0, 0.05) is 19.5 Å². The minimum Gasteiger partial charge on any atom is -0.469 e. The summed E-state index contributed by atoms with van der Waals surface area (Å²) in [5, 5.41) is 0. The Morgan fingerprint density at radius 3 is 2.74 bits per heavy atom. The molecule has 1 aromatic rings. The Morgan fingerprint density at radius 1 is 1.42 bits per heavy atom. The minimum absolute atomic E-state index is 0.0180. The van der Waals surface area contributed by atoms with Crippen molar-refractivity contribution in [1.82, 2.24) is 4.90 Å². The number of methoxy groups -OCH3 is 1. The summed E-state index contributed by atoms with van der Waals surface area (Å²) in [6.07, 6.45) is 0.881. The predicted molar refractivity (Wildman–Crippen MR) is 66.6 cm³/mol. The summed E-state index contributed by atoms with van der Waals surface area (Å²) >= 11 is 0. The van der Waals surface area contributed by atoms with Crippen LogP contribution in [-0.2, 0) is 20.9 Å². The lowest BCUT2D eigenvalue weighted by Gasteiger charge is -2.31. The zero-order chi connectivity index (χ0) is 13.8. The van der Waals surface area contributed by atoms with Crippen molar-refractivity contribution >= 4 is 11.9 Å². The molecule has 0 N–H and O–H groups in total. The number of hydrogen-bond donors (Lipinski definition) is 0.